The fourth-order valence-electron chi connectivity index (χ4n) is 4.31. The molecule has 2 saturated carbocycles. The van der Waals surface area contributed by atoms with Crippen LogP contribution in [-0.4, -0.2) is 33.0 Å². The number of nitrogens with zero attached hydrogens (tertiary/aromatic N) is 3. The van der Waals surface area contributed by atoms with E-state index in [0.29, 0.717) is 34.4 Å². The van der Waals surface area contributed by atoms with Crippen LogP contribution >= 0.6 is 0 Å². The molecule has 2 N–H and O–H groups in total. The van der Waals surface area contributed by atoms with E-state index in [-0.39, 0.29) is 17.7 Å². The number of aliphatic hydroxyl groups is 1. The smallest absolute Gasteiger partial charge is 0.321 e. The third-order valence-electron chi connectivity index (χ3n) is 6.89. The van der Waals surface area contributed by atoms with Crippen LogP contribution in [0.15, 0.2) is 36.5 Å². The Labute approximate surface area is 192 Å². The average Bonchev–Trinajstić information content (AvgIpc) is 3.45. The molecular formula is C25H30N4O4. The maximum Gasteiger partial charge on any atom is 0.321 e. The van der Waals surface area contributed by atoms with Gasteiger partial charge in [-0.2, -0.15) is 9.83 Å². The lowest BCUT2D eigenvalue weighted by molar-refractivity contribution is -0.614. The lowest BCUT2D eigenvalue weighted by atomic mass is 9.71. The zero-order valence-electron chi connectivity index (χ0n) is 19.2. The Kier molecular flexibility index (Phi) is 5.28. The third-order valence-corrected chi connectivity index (χ3v) is 6.89. The first-order valence-electron chi connectivity index (χ1n) is 11.6. The number of ether oxygens (including phenoxy) is 1. The number of rotatable bonds is 7. The van der Waals surface area contributed by atoms with Crippen molar-refractivity contribution < 1.29 is 19.4 Å². The predicted molar refractivity (Wildman–Crippen MR) is 124 cm³/mol. The van der Waals surface area contributed by atoms with Gasteiger partial charge in [-0.1, -0.05) is 0 Å². The molecule has 0 unspecified atom stereocenters. The molecule has 8 heteroatoms. The molecule has 0 atom stereocenters. The molecule has 2 aliphatic rings. The van der Waals surface area contributed by atoms with Crippen molar-refractivity contribution in [2.75, 3.05) is 11.9 Å². The fourth-order valence-corrected chi connectivity index (χ4v) is 4.31. The maximum absolute atomic E-state index is 12.9. The predicted octanol–water partition coefficient (Wildman–Crippen LogP) is 3.74. The monoisotopic (exact) mass is 450 g/mol. The topological polar surface area (TPSA) is 103 Å². The molecule has 0 bridgehead atoms. The van der Waals surface area contributed by atoms with E-state index in [9.17, 15) is 15.1 Å². The van der Waals surface area contributed by atoms with Crippen LogP contribution in [0, 0.1) is 24.0 Å². The summed E-state index contributed by atoms with van der Waals surface area (Å²) in [5, 5.41) is 31.1. The zero-order chi connectivity index (χ0) is 23.3. The summed E-state index contributed by atoms with van der Waals surface area (Å²) in [6.45, 7) is 5.96. The second-order valence-corrected chi connectivity index (χ2v) is 10.0. The third kappa shape index (κ3) is 4.39. The van der Waals surface area contributed by atoms with Gasteiger partial charge in [-0.15, -0.1) is 0 Å². The molecule has 33 heavy (non-hydrogen) atoms. The van der Waals surface area contributed by atoms with Crippen molar-refractivity contribution in [1.82, 2.24) is 9.78 Å². The number of hydrogen-bond donors (Lipinski definition) is 2. The normalized spacial score (nSPS) is 20.5. The lowest BCUT2D eigenvalue weighted by Gasteiger charge is -2.42. The van der Waals surface area contributed by atoms with E-state index in [1.807, 2.05) is 36.9 Å². The molecule has 2 aliphatic carbocycles. The summed E-state index contributed by atoms with van der Waals surface area (Å²) >= 11 is 0. The van der Waals surface area contributed by atoms with Crippen molar-refractivity contribution in [3.05, 3.63) is 53.1 Å². The molecule has 0 spiro atoms. The molecule has 1 amide bonds. The second-order valence-electron chi connectivity index (χ2n) is 10.0. The van der Waals surface area contributed by atoms with Gasteiger partial charge in [0.05, 0.1) is 29.5 Å². The number of anilines is 1. The minimum Gasteiger partial charge on any atom is -0.618 e. The Morgan fingerprint density at radius 3 is 2.79 bits per heavy atom. The highest BCUT2D eigenvalue weighted by Gasteiger charge is 2.40. The molecule has 1 aromatic carbocycles. The molecule has 174 valence electrons. The number of pyridine rings is 1. The van der Waals surface area contributed by atoms with Crippen LogP contribution < -0.4 is 14.8 Å². The molecule has 0 radical (unpaired) electrons. The SMILES string of the molecule is Cc1cccc(C(=O)Nc2cc3cn(C4CC(C(C)(C)O)C4)nc3cc2OCC2CC2)[n+]1[O-]. The standard InChI is InChI=1S/C25H30N4O4/c1-15-5-4-6-22(29(15)32)24(30)26-21-9-17-13-28(19-10-18(11-19)25(2,3)31)27-20(17)12-23(21)33-14-16-7-8-16/h4-6,9,12-13,16,18-19,31H,7-8,10-11,14H2,1-3H3,(H,26,30). The Balaban J connectivity index is 1.42. The highest BCUT2D eigenvalue weighted by atomic mass is 16.5. The second kappa shape index (κ2) is 8.02. The van der Waals surface area contributed by atoms with Gasteiger partial charge in [0, 0.05) is 36.7 Å². The molecule has 2 fully saturated rings. The van der Waals surface area contributed by atoms with Crippen molar-refractivity contribution in [3.8, 4) is 5.75 Å². The Hall–Kier alpha value is -3.13. The van der Waals surface area contributed by atoms with Gasteiger partial charge in [0.2, 0.25) is 0 Å². The Morgan fingerprint density at radius 2 is 2.09 bits per heavy atom. The van der Waals surface area contributed by atoms with E-state index in [4.69, 9.17) is 9.84 Å². The Morgan fingerprint density at radius 1 is 1.33 bits per heavy atom. The lowest BCUT2D eigenvalue weighted by Crippen LogP contribution is -2.41. The number of nitrogens with one attached hydrogen (secondary N) is 1. The van der Waals surface area contributed by atoms with Crippen LogP contribution in [0.2, 0.25) is 0 Å². The maximum atomic E-state index is 12.9. The van der Waals surface area contributed by atoms with Crippen molar-refractivity contribution >= 4 is 22.5 Å². The Bertz CT molecular complexity index is 1200. The summed E-state index contributed by atoms with van der Waals surface area (Å²) in [5.74, 6) is 0.885. The number of aromatic nitrogens is 3. The molecular weight excluding hydrogens is 420 g/mol. The molecule has 5 rings (SSSR count). The molecule has 2 aromatic heterocycles. The van der Waals surface area contributed by atoms with Crippen LogP contribution in [0.4, 0.5) is 5.69 Å². The number of benzene rings is 1. The number of amides is 1. The van der Waals surface area contributed by atoms with Crippen LogP contribution in [0.1, 0.15) is 61.8 Å². The van der Waals surface area contributed by atoms with Crippen molar-refractivity contribution in [2.45, 2.75) is 58.1 Å². The van der Waals surface area contributed by atoms with E-state index < -0.39 is 11.5 Å². The molecule has 0 saturated heterocycles. The first kappa shape index (κ1) is 21.7. The van der Waals surface area contributed by atoms with Crippen LogP contribution in [0.3, 0.4) is 0 Å². The number of hydrogen-bond acceptors (Lipinski definition) is 5. The molecule has 8 nitrogen and oxygen atoms in total. The number of fused-ring (bicyclic) bond motifs is 1. The van der Waals surface area contributed by atoms with E-state index in [1.165, 1.54) is 6.07 Å². The summed E-state index contributed by atoms with van der Waals surface area (Å²) in [4.78, 5) is 12.9. The van der Waals surface area contributed by atoms with Crippen molar-refractivity contribution in [1.29, 1.82) is 0 Å². The van der Waals surface area contributed by atoms with Gasteiger partial charge in [0.15, 0.2) is 5.69 Å². The average molecular weight is 451 g/mol. The number of aryl methyl sites for hydroxylation is 1. The minimum atomic E-state index is -0.682. The van der Waals surface area contributed by atoms with Gasteiger partial charge in [-0.05, 0) is 63.5 Å². The van der Waals surface area contributed by atoms with Gasteiger partial charge in [-0.25, -0.2) is 0 Å². The van der Waals surface area contributed by atoms with Gasteiger partial charge in [0.1, 0.15) is 5.75 Å². The molecule has 2 heterocycles. The quantitative estimate of drug-likeness (QED) is 0.422. The van der Waals surface area contributed by atoms with Crippen molar-refractivity contribution in [3.63, 3.8) is 0 Å². The van der Waals surface area contributed by atoms with Gasteiger partial charge < -0.3 is 20.4 Å². The summed E-state index contributed by atoms with van der Waals surface area (Å²) in [7, 11) is 0. The summed E-state index contributed by atoms with van der Waals surface area (Å²) < 4.78 is 8.63. The molecule has 3 aromatic rings. The summed E-state index contributed by atoms with van der Waals surface area (Å²) in [5.41, 5.74) is 1.12. The first-order chi connectivity index (χ1) is 15.7. The fraction of sp³-hybridized carbons (Fsp3) is 0.480. The highest BCUT2D eigenvalue weighted by Crippen LogP contribution is 2.44. The van der Waals surface area contributed by atoms with E-state index in [2.05, 4.69) is 5.32 Å². The summed E-state index contributed by atoms with van der Waals surface area (Å²) in [6, 6.07) is 8.82. The van der Waals surface area contributed by atoms with Crippen molar-refractivity contribution in [2.24, 2.45) is 11.8 Å². The van der Waals surface area contributed by atoms with Crippen LogP contribution in [-0.2, 0) is 0 Å². The minimum absolute atomic E-state index is 0.0334. The van der Waals surface area contributed by atoms with Gasteiger partial charge >= 0.3 is 5.91 Å². The van der Waals surface area contributed by atoms with E-state index in [0.717, 1.165) is 36.6 Å². The number of carbonyl (C=O) groups excluding carboxylic acids is 1. The van der Waals surface area contributed by atoms with E-state index in [1.54, 1.807) is 19.1 Å². The largest absolute Gasteiger partial charge is 0.618 e. The summed E-state index contributed by atoms with van der Waals surface area (Å²) in [6.07, 6.45) is 6.04. The van der Waals surface area contributed by atoms with Crippen LogP contribution in [0.25, 0.3) is 10.9 Å². The zero-order valence-corrected chi connectivity index (χ0v) is 19.2. The van der Waals surface area contributed by atoms with Crippen LogP contribution in [0.5, 0.6) is 5.75 Å². The first-order valence-corrected chi connectivity index (χ1v) is 11.6. The number of carbonyl (C=O) groups is 1. The van der Waals surface area contributed by atoms with Gasteiger partial charge in [0.25, 0.3) is 5.69 Å². The van der Waals surface area contributed by atoms with E-state index >= 15 is 0 Å². The molecule has 0 aliphatic heterocycles. The van der Waals surface area contributed by atoms with Gasteiger partial charge in [-0.3, -0.25) is 9.48 Å². The highest BCUT2D eigenvalue weighted by molar-refractivity contribution is 6.04.